The van der Waals surface area contributed by atoms with Crippen molar-refractivity contribution in [1.82, 2.24) is 0 Å². The predicted molar refractivity (Wildman–Crippen MR) is 50.3 cm³/mol. The Morgan fingerprint density at radius 1 is 1.31 bits per heavy atom. The molecule has 5 heteroatoms. The van der Waals surface area contributed by atoms with Gasteiger partial charge in [-0.25, -0.2) is 0 Å². The van der Waals surface area contributed by atoms with Gasteiger partial charge in [-0.3, -0.25) is 0 Å². The van der Waals surface area contributed by atoms with Crippen molar-refractivity contribution >= 4 is 0 Å². The summed E-state index contributed by atoms with van der Waals surface area (Å²) in [6.45, 7) is 5.79. The number of aliphatic hydroxyl groups excluding tert-OH is 2. The van der Waals surface area contributed by atoms with Crippen LogP contribution in [0.4, 0.5) is 0 Å². The Labute approximate surface area is 79.5 Å². The molecule has 0 aromatic carbocycles. The first-order chi connectivity index (χ1) is 6.22. The van der Waals surface area contributed by atoms with E-state index in [1.165, 1.54) is 0 Å². The lowest BCUT2D eigenvalue weighted by Crippen LogP contribution is -2.24. The van der Waals surface area contributed by atoms with Gasteiger partial charge in [-0.05, 0) is 13.8 Å². The van der Waals surface area contributed by atoms with Gasteiger partial charge in [0.05, 0.1) is 13.2 Å². The highest BCUT2D eigenvalue weighted by atomic mass is 16.6. The van der Waals surface area contributed by atoms with E-state index in [0.717, 1.165) is 13.2 Å². The first kappa shape index (κ1) is 15.3. The molecular weight excluding hydrogens is 174 g/mol. The Bertz CT molecular complexity index is 80.5. The number of hydrogen-bond acceptors (Lipinski definition) is 5. The lowest BCUT2D eigenvalue weighted by atomic mass is 10.6. The topological polar surface area (TPSA) is 84.9 Å². The van der Waals surface area contributed by atoms with Gasteiger partial charge in [0.1, 0.15) is 0 Å². The highest BCUT2D eigenvalue weighted by Crippen LogP contribution is 1.79. The maximum Gasteiger partial charge on any atom is 0.166 e. The van der Waals surface area contributed by atoms with Crippen LogP contribution in [0, 0.1) is 0 Å². The number of ether oxygens (including phenoxy) is 2. The quantitative estimate of drug-likeness (QED) is 0.489. The molecule has 0 aromatic rings. The molecule has 0 saturated carbocycles. The summed E-state index contributed by atoms with van der Waals surface area (Å²) >= 11 is 0. The second kappa shape index (κ2) is 14.3. The van der Waals surface area contributed by atoms with E-state index in [0.29, 0.717) is 0 Å². The van der Waals surface area contributed by atoms with Crippen molar-refractivity contribution in [1.29, 1.82) is 0 Å². The molecule has 1 atom stereocenters. The number of aliphatic hydroxyl groups is 2. The van der Waals surface area contributed by atoms with Crippen molar-refractivity contribution in [2.24, 2.45) is 5.73 Å². The predicted octanol–water partition coefficient (Wildman–Crippen LogP) is -0.685. The smallest absolute Gasteiger partial charge is 0.166 e. The van der Waals surface area contributed by atoms with Gasteiger partial charge in [0.15, 0.2) is 6.29 Å². The summed E-state index contributed by atoms with van der Waals surface area (Å²) < 4.78 is 9.35. The fraction of sp³-hybridized carbons (Fsp3) is 1.00. The van der Waals surface area contributed by atoms with E-state index >= 15 is 0 Å². The van der Waals surface area contributed by atoms with Crippen LogP contribution in [0.25, 0.3) is 0 Å². The molecule has 82 valence electrons. The van der Waals surface area contributed by atoms with Crippen molar-refractivity contribution in [3.8, 4) is 0 Å². The zero-order valence-corrected chi connectivity index (χ0v) is 8.40. The Balaban J connectivity index is 0. The largest absolute Gasteiger partial charge is 0.394 e. The minimum atomic E-state index is -0.929. The summed E-state index contributed by atoms with van der Waals surface area (Å²) in [7, 11) is 0. The summed E-state index contributed by atoms with van der Waals surface area (Å²) in [6, 6.07) is 0. The first-order valence-electron chi connectivity index (χ1n) is 4.41. The SMILES string of the molecule is CCOCC.NCC(O)OCCO. The van der Waals surface area contributed by atoms with Gasteiger partial charge in [-0.2, -0.15) is 0 Å². The average molecular weight is 195 g/mol. The zero-order chi connectivity index (χ0) is 10.5. The van der Waals surface area contributed by atoms with Crippen molar-refractivity contribution in [2.45, 2.75) is 20.1 Å². The van der Waals surface area contributed by atoms with E-state index in [1.807, 2.05) is 13.8 Å². The molecule has 13 heavy (non-hydrogen) atoms. The molecule has 0 aromatic heterocycles. The molecular formula is C8H21NO4. The maximum absolute atomic E-state index is 8.53. The lowest BCUT2D eigenvalue weighted by molar-refractivity contribution is -0.0991. The lowest BCUT2D eigenvalue weighted by Gasteiger charge is -2.06. The molecule has 0 amide bonds. The van der Waals surface area contributed by atoms with Crippen LogP contribution in [0.5, 0.6) is 0 Å². The van der Waals surface area contributed by atoms with E-state index in [-0.39, 0.29) is 19.8 Å². The normalized spacial score (nSPS) is 11.8. The van der Waals surface area contributed by atoms with Crippen molar-refractivity contribution in [3.63, 3.8) is 0 Å². The fourth-order valence-electron chi connectivity index (χ4n) is 0.461. The summed E-state index contributed by atoms with van der Waals surface area (Å²) in [5.74, 6) is 0. The Morgan fingerprint density at radius 2 is 1.85 bits per heavy atom. The Morgan fingerprint density at radius 3 is 2.08 bits per heavy atom. The van der Waals surface area contributed by atoms with Gasteiger partial charge in [-0.1, -0.05) is 0 Å². The number of nitrogens with two attached hydrogens (primary N) is 1. The molecule has 0 aliphatic rings. The third-order valence-corrected chi connectivity index (χ3v) is 1.01. The van der Waals surface area contributed by atoms with Crippen LogP contribution in [0.3, 0.4) is 0 Å². The third kappa shape index (κ3) is 18.6. The second-order valence-electron chi connectivity index (χ2n) is 2.07. The van der Waals surface area contributed by atoms with Crippen molar-refractivity contribution in [2.75, 3.05) is 33.0 Å². The summed E-state index contributed by atoms with van der Waals surface area (Å²) in [5.41, 5.74) is 4.96. The Hall–Kier alpha value is -0.200. The number of rotatable bonds is 6. The minimum absolute atomic E-state index is 0.0694. The molecule has 0 saturated heterocycles. The highest BCUT2D eigenvalue weighted by Gasteiger charge is 1.96. The van der Waals surface area contributed by atoms with Crippen LogP contribution < -0.4 is 5.73 Å². The molecule has 0 heterocycles. The monoisotopic (exact) mass is 195 g/mol. The average Bonchev–Trinajstić information content (AvgIpc) is 2.16. The molecule has 0 spiro atoms. The van der Waals surface area contributed by atoms with Crippen LogP contribution in [0.1, 0.15) is 13.8 Å². The molecule has 0 bridgehead atoms. The Kier molecular flexibility index (Phi) is 16.8. The van der Waals surface area contributed by atoms with Crippen LogP contribution >= 0.6 is 0 Å². The molecule has 0 fully saturated rings. The van der Waals surface area contributed by atoms with Gasteiger partial charge >= 0.3 is 0 Å². The van der Waals surface area contributed by atoms with E-state index in [1.54, 1.807) is 0 Å². The molecule has 0 aliphatic heterocycles. The van der Waals surface area contributed by atoms with Crippen molar-refractivity contribution < 1.29 is 19.7 Å². The van der Waals surface area contributed by atoms with Crippen LogP contribution in [0.15, 0.2) is 0 Å². The standard InChI is InChI=1S/C4H11NO3.C4H10O/c5-3-4(7)8-2-1-6;1-3-5-4-2/h4,6-7H,1-3,5H2;3-4H2,1-2H3. The van der Waals surface area contributed by atoms with E-state index in [2.05, 4.69) is 4.74 Å². The molecule has 1 unspecified atom stereocenters. The number of hydrogen-bond donors (Lipinski definition) is 3. The van der Waals surface area contributed by atoms with Gasteiger partial charge in [-0.15, -0.1) is 0 Å². The first-order valence-corrected chi connectivity index (χ1v) is 4.41. The summed E-state index contributed by atoms with van der Waals surface area (Å²) in [6.07, 6.45) is -0.929. The minimum Gasteiger partial charge on any atom is -0.394 e. The van der Waals surface area contributed by atoms with E-state index in [4.69, 9.17) is 20.7 Å². The molecule has 0 rings (SSSR count). The molecule has 0 aliphatic carbocycles. The second-order valence-corrected chi connectivity index (χ2v) is 2.07. The summed E-state index contributed by atoms with van der Waals surface area (Å²) in [4.78, 5) is 0. The third-order valence-electron chi connectivity index (χ3n) is 1.01. The molecule has 0 radical (unpaired) electrons. The summed E-state index contributed by atoms with van der Waals surface area (Å²) in [5, 5.41) is 16.7. The van der Waals surface area contributed by atoms with Gasteiger partial charge < -0.3 is 25.4 Å². The van der Waals surface area contributed by atoms with E-state index in [9.17, 15) is 0 Å². The highest BCUT2D eigenvalue weighted by molar-refractivity contribution is 4.37. The van der Waals surface area contributed by atoms with Crippen molar-refractivity contribution in [3.05, 3.63) is 0 Å². The zero-order valence-electron chi connectivity index (χ0n) is 8.40. The van der Waals surface area contributed by atoms with Crippen LogP contribution in [-0.2, 0) is 9.47 Å². The van der Waals surface area contributed by atoms with Gasteiger partial charge in [0.25, 0.3) is 0 Å². The van der Waals surface area contributed by atoms with Gasteiger partial charge in [0, 0.05) is 19.8 Å². The van der Waals surface area contributed by atoms with Crippen LogP contribution in [0.2, 0.25) is 0 Å². The maximum atomic E-state index is 8.53. The molecule has 4 N–H and O–H groups in total. The van der Waals surface area contributed by atoms with Crippen LogP contribution in [-0.4, -0.2) is 49.5 Å². The van der Waals surface area contributed by atoms with Gasteiger partial charge in [0.2, 0.25) is 0 Å². The van der Waals surface area contributed by atoms with E-state index < -0.39 is 6.29 Å². The molecule has 5 nitrogen and oxygen atoms in total. The fourth-order valence-corrected chi connectivity index (χ4v) is 0.461.